The van der Waals surface area contributed by atoms with Gasteiger partial charge in [-0.1, -0.05) is 11.6 Å². The molecule has 2 heterocycles. The zero-order chi connectivity index (χ0) is 13.1. The first-order valence-electron chi connectivity index (χ1n) is 5.71. The maximum atomic E-state index is 12.2. The van der Waals surface area contributed by atoms with Gasteiger partial charge in [0, 0.05) is 18.7 Å². The van der Waals surface area contributed by atoms with Gasteiger partial charge in [-0.25, -0.2) is 10.8 Å². The Labute approximate surface area is 110 Å². The Hall–Kier alpha value is -1.37. The summed E-state index contributed by atoms with van der Waals surface area (Å²) >= 11 is 5.82. The van der Waals surface area contributed by atoms with Crippen molar-refractivity contribution in [2.24, 2.45) is 5.84 Å². The number of aliphatic hydroxyl groups is 1. The lowest BCUT2D eigenvalue weighted by Crippen LogP contribution is -2.40. The summed E-state index contributed by atoms with van der Waals surface area (Å²) in [5.74, 6) is 5.48. The van der Waals surface area contributed by atoms with Crippen LogP contribution < -0.4 is 11.3 Å². The number of rotatable bonds is 2. The molecule has 0 bridgehead atoms. The predicted molar refractivity (Wildman–Crippen MR) is 68.2 cm³/mol. The highest BCUT2D eigenvalue weighted by atomic mass is 35.5. The molecule has 1 aliphatic rings. The summed E-state index contributed by atoms with van der Waals surface area (Å²) in [6.45, 7) is 1.09. The lowest BCUT2D eigenvalue weighted by atomic mass is 10.1. The smallest absolute Gasteiger partial charge is 0.254 e. The van der Waals surface area contributed by atoms with Gasteiger partial charge in [0.1, 0.15) is 11.0 Å². The molecule has 6 nitrogen and oxygen atoms in total. The first kappa shape index (κ1) is 13.1. The van der Waals surface area contributed by atoms with Crippen LogP contribution in [0.15, 0.2) is 12.1 Å². The highest BCUT2D eigenvalue weighted by Gasteiger charge is 2.22. The topological polar surface area (TPSA) is 91.5 Å². The molecule has 1 aromatic rings. The van der Waals surface area contributed by atoms with E-state index in [-0.39, 0.29) is 17.2 Å². The Kier molecular flexibility index (Phi) is 4.00. The number of nitrogens with two attached hydrogens (primary N) is 1. The van der Waals surface area contributed by atoms with E-state index < -0.39 is 0 Å². The number of halogens is 1. The van der Waals surface area contributed by atoms with Crippen LogP contribution >= 0.6 is 11.6 Å². The molecule has 7 heteroatoms. The van der Waals surface area contributed by atoms with Crippen LogP contribution in [0, 0.1) is 0 Å². The van der Waals surface area contributed by atoms with Crippen molar-refractivity contribution in [1.29, 1.82) is 0 Å². The van der Waals surface area contributed by atoms with Gasteiger partial charge >= 0.3 is 0 Å². The van der Waals surface area contributed by atoms with Crippen molar-refractivity contribution in [1.82, 2.24) is 9.88 Å². The van der Waals surface area contributed by atoms with E-state index >= 15 is 0 Å². The van der Waals surface area contributed by atoms with E-state index in [1.807, 2.05) is 0 Å². The average Bonchev–Trinajstić information content (AvgIpc) is 2.38. The molecule has 0 aromatic carbocycles. The van der Waals surface area contributed by atoms with Crippen LogP contribution in [-0.2, 0) is 0 Å². The Morgan fingerprint density at radius 3 is 2.78 bits per heavy atom. The SMILES string of the molecule is NNc1cc(C(=O)N2CCC(O)CC2)cc(Cl)n1. The molecule has 0 aliphatic carbocycles. The molecular weight excluding hydrogens is 256 g/mol. The number of likely N-dealkylation sites (tertiary alicyclic amines) is 1. The van der Waals surface area contributed by atoms with Crippen molar-refractivity contribution in [3.8, 4) is 0 Å². The number of pyridine rings is 1. The second kappa shape index (κ2) is 5.51. The molecule has 98 valence electrons. The zero-order valence-electron chi connectivity index (χ0n) is 9.77. The lowest BCUT2D eigenvalue weighted by molar-refractivity contribution is 0.0546. The molecule has 1 saturated heterocycles. The maximum absolute atomic E-state index is 12.2. The largest absolute Gasteiger partial charge is 0.393 e. The summed E-state index contributed by atoms with van der Waals surface area (Å²) < 4.78 is 0. The van der Waals surface area contributed by atoms with Crippen molar-refractivity contribution in [3.63, 3.8) is 0 Å². The Morgan fingerprint density at radius 1 is 1.50 bits per heavy atom. The molecular formula is C11H15ClN4O2. The van der Waals surface area contributed by atoms with Crippen LogP contribution in [-0.4, -0.2) is 40.1 Å². The number of piperidine rings is 1. The number of carbonyl (C=O) groups excluding carboxylic acids is 1. The molecule has 18 heavy (non-hydrogen) atoms. The first-order chi connectivity index (χ1) is 8.60. The Balaban J connectivity index is 2.15. The van der Waals surface area contributed by atoms with Crippen molar-refractivity contribution in [2.75, 3.05) is 18.5 Å². The van der Waals surface area contributed by atoms with Gasteiger partial charge in [0.25, 0.3) is 5.91 Å². The van der Waals surface area contributed by atoms with E-state index in [1.165, 1.54) is 6.07 Å². The molecule has 4 N–H and O–H groups in total. The van der Waals surface area contributed by atoms with Gasteiger partial charge in [-0.3, -0.25) is 4.79 Å². The van der Waals surface area contributed by atoms with Gasteiger partial charge in [0.15, 0.2) is 0 Å². The van der Waals surface area contributed by atoms with Crippen LogP contribution in [0.5, 0.6) is 0 Å². The summed E-state index contributed by atoms with van der Waals surface area (Å²) in [6.07, 6.45) is 0.899. The minimum atomic E-state index is -0.309. The predicted octanol–water partition coefficient (Wildman–Crippen LogP) is 0.617. The lowest BCUT2D eigenvalue weighted by Gasteiger charge is -2.29. The molecule has 0 unspecified atom stereocenters. The monoisotopic (exact) mass is 270 g/mol. The average molecular weight is 271 g/mol. The maximum Gasteiger partial charge on any atom is 0.254 e. The van der Waals surface area contributed by atoms with Gasteiger partial charge in [0.2, 0.25) is 0 Å². The van der Waals surface area contributed by atoms with Gasteiger partial charge in [0.05, 0.1) is 6.10 Å². The van der Waals surface area contributed by atoms with E-state index in [9.17, 15) is 9.90 Å². The van der Waals surface area contributed by atoms with Gasteiger partial charge < -0.3 is 15.4 Å². The second-order valence-electron chi connectivity index (χ2n) is 4.23. The molecule has 0 radical (unpaired) electrons. The molecule has 0 spiro atoms. The van der Waals surface area contributed by atoms with Crippen molar-refractivity contribution in [3.05, 3.63) is 22.8 Å². The number of nitrogens with one attached hydrogen (secondary N) is 1. The van der Waals surface area contributed by atoms with Crippen LogP contribution in [0.4, 0.5) is 5.82 Å². The number of hydrogen-bond acceptors (Lipinski definition) is 5. The fraction of sp³-hybridized carbons (Fsp3) is 0.455. The number of nitrogen functional groups attached to an aromatic ring is 1. The third kappa shape index (κ3) is 2.90. The third-order valence-corrected chi connectivity index (χ3v) is 3.13. The van der Waals surface area contributed by atoms with E-state index in [1.54, 1.807) is 11.0 Å². The highest BCUT2D eigenvalue weighted by molar-refractivity contribution is 6.29. The number of amides is 1. The summed E-state index contributed by atoms with van der Waals surface area (Å²) in [5, 5.41) is 9.62. The fourth-order valence-electron chi connectivity index (χ4n) is 1.95. The quantitative estimate of drug-likeness (QED) is 0.416. The number of hydrazine groups is 1. The van der Waals surface area contributed by atoms with Crippen LogP contribution in [0.25, 0.3) is 0 Å². The summed E-state index contributed by atoms with van der Waals surface area (Å²) in [5.41, 5.74) is 2.81. The van der Waals surface area contributed by atoms with Crippen molar-refractivity contribution < 1.29 is 9.90 Å². The second-order valence-corrected chi connectivity index (χ2v) is 4.62. The van der Waals surface area contributed by atoms with E-state index in [2.05, 4.69) is 10.4 Å². The van der Waals surface area contributed by atoms with E-state index in [0.29, 0.717) is 37.3 Å². The van der Waals surface area contributed by atoms with Crippen molar-refractivity contribution in [2.45, 2.75) is 18.9 Å². The summed E-state index contributed by atoms with van der Waals surface area (Å²) in [6, 6.07) is 3.06. The van der Waals surface area contributed by atoms with E-state index in [4.69, 9.17) is 17.4 Å². The molecule has 1 fully saturated rings. The Morgan fingerprint density at radius 2 is 2.17 bits per heavy atom. The van der Waals surface area contributed by atoms with Crippen LogP contribution in [0.1, 0.15) is 23.2 Å². The minimum absolute atomic E-state index is 0.122. The first-order valence-corrected chi connectivity index (χ1v) is 6.09. The van der Waals surface area contributed by atoms with E-state index in [0.717, 1.165) is 0 Å². The standard InChI is InChI=1S/C11H15ClN4O2/c12-9-5-7(6-10(14-9)15-13)11(18)16-3-1-8(17)2-4-16/h5-6,8,17H,1-4,13H2,(H,14,15). The normalized spacial score (nSPS) is 16.7. The molecule has 2 rings (SSSR count). The number of hydrogen-bond donors (Lipinski definition) is 3. The van der Waals surface area contributed by atoms with Gasteiger partial charge in [-0.2, -0.15) is 0 Å². The van der Waals surface area contributed by atoms with Crippen molar-refractivity contribution >= 4 is 23.3 Å². The zero-order valence-corrected chi connectivity index (χ0v) is 10.5. The van der Waals surface area contributed by atoms with Gasteiger partial charge in [-0.15, -0.1) is 0 Å². The highest BCUT2D eigenvalue weighted by Crippen LogP contribution is 2.18. The van der Waals surface area contributed by atoms with Crippen LogP contribution in [0.3, 0.4) is 0 Å². The number of anilines is 1. The summed E-state index contributed by atoms with van der Waals surface area (Å²) in [7, 11) is 0. The summed E-state index contributed by atoms with van der Waals surface area (Å²) in [4.78, 5) is 17.8. The fourth-order valence-corrected chi connectivity index (χ4v) is 2.15. The Bertz CT molecular complexity index is 447. The molecule has 0 atom stereocenters. The molecule has 1 amide bonds. The van der Waals surface area contributed by atoms with Gasteiger partial charge in [-0.05, 0) is 25.0 Å². The molecule has 0 saturated carbocycles. The van der Waals surface area contributed by atoms with Crippen LogP contribution in [0.2, 0.25) is 5.15 Å². The number of carbonyl (C=O) groups is 1. The number of nitrogens with zero attached hydrogens (tertiary/aromatic N) is 2. The molecule has 1 aliphatic heterocycles. The third-order valence-electron chi connectivity index (χ3n) is 2.94. The minimum Gasteiger partial charge on any atom is -0.393 e. The number of aliphatic hydroxyl groups excluding tert-OH is 1. The molecule has 1 aromatic heterocycles. The number of aromatic nitrogens is 1.